The summed E-state index contributed by atoms with van der Waals surface area (Å²) in [6, 6.07) is 7.93. The molecule has 0 spiro atoms. The maximum Gasteiger partial charge on any atom is 0.318 e. The molecule has 114 valence electrons. The minimum atomic E-state index is -0.407. The van der Waals surface area contributed by atoms with Gasteiger partial charge in [-0.25, -0.2) is 0 Å². The fourth-order valence-corrected chi connectivity index (χ4v) is 3.45. The molecule has 0 radical (unpaired) electrons. The highest BCUT2D eigenvalue weighted by Gasteiger charge is 2.11. The first-order valence-electron chi connectivity index (χ1n) is 7.23. The average molecular weight is 315 g/mol. The molecule has 0 aliphatic rings. The van der Waals surface area contributed by atoms with E-state index >= 15 is 0 Å². The summed E-state index contributed by atoms with van der Waals surface area (Å²) in [5, 5.41) is 3.54. The third kappa shape index (κ3) is 2.62. The Morgan fingerprint density at radius 2 is 2.23 bits per heavy atom. The summed E-state index contributed by atoms with van der Waals surface area (Å²) in [6.45, 7) is 7.13. The zero-order chi connectivity index (χ0) is 15.7. The molecule has 0 unspecified atom stereocenters. The Hall–Kier alpha value is -2.21. The molecule has 3 rings (SSSR count). The van der Waals surface area contributed by atoms with Crippen LogP contribution < -0.4 is 4.80 Å². The zero-order valence-electron chi connectivity index (χ0n) is 12.7. The van der Waals surface area contributed by atoms with Crippen LogP contribution in [0.1, 0.15) is 42.8 Å². The van der Waals surface area contributed by atoms with Gasteiger partial charge in [0.2, 0.25) is 5.76 Å². The molecular weight excluding hydrogens is 298 g/mol. The van der Waals surface area contributed by atoms with Crippen molar-refractivity contribution in [1.82, 2.24) is 9.72 Å². The lowest BCUT2D eigenvalue weighted by molar-refractivity contribution is 0.0962. The van der Waals surface area contributed by atoms with Gasteiger partial charge in [-0.05, 0) is 30.5 Å². The van der Waals surface area contributed by atoms with Gasteiger partial charge in [0.1, 0.15) is 0 Å². The third-order valence-electron chi connectivity index (χ3n) is 3.54. The second-order valence-corrected chi connectivity index (χ2v) is 6.31. The molecule has 2 heterocycles. The first-order chi connectivity index (χ1) is 10.6. The number of aromatic nitrogens is 2. The van der Waals surface area contributed by atoms with E-state index in [9.17, 15) is 4.79 Å². The first-order valence-corrected chi connectivity index (χ1v) is 8.04. The average Bonchev–Trinajstić information content (AvgIpc) is 3.13. The number of aryl methyl sites for hydroxylation is 1. The van der Waals surface area contributed by atoms with Crippen molar-refractivity contribution in [3.63, 3.8) is 0 Å². The van der Waals surface area contributed by atoms with E-state index in [4.69, 9.17) is 4.52 Å². The summed E-state index contributed by atoms with van der Waals surface area (Å²) in [7, 11) is 0. The van der Waals surface area contributed by atoms with Crippen molar-refractivity contribution in [2.75, 3.05) is 0 Å². The Bertz CT molecular complexity index is 873. The van der Waals surface area contributed by atoms with Crippen LogP contribution in [0, 0.1) is 0 Å². The quantitative estimate of drug-likeness (QED) is 0.742. The van der Waals surface area contributed by atoms with E-state index in [0.717, 1.165) is 16.8 Å². The van der Waals surface area contributed by atoms with Crippen LogP contribution in [-0.2, 0) is 6.54 Å². The highest BCUT2D eigenvalue weighted by Crippen LogP contribution is 2.23. The standard InChI is InChI=1S/C16H17N3O2S/c1-4-19-12-6-5-11(10(2)3)9-14(12)22-16(19)18-15(20)13-7-8-17-21-13/h5-10H,4H2,1-3H3. The van der Waals surface area contributed by atoms with Crippen LogP contribution in [0.3, 0.4) is 0 Å². The fraction of sp³-hybridized carbons (Fsp3) is 0.312. The monoisotopic (exact) mass is 315 g/mol. The maximum absolute atomic E-state index is 12.1. The minimum Gasteiger partial charge on any atom is -0.351 e. The van der Waals surface area contributed by atoms with Crippen molar-refractivity contribution in [1.29, 1.82) is 0 Å². The lowest BCUT2D eigenvalue weighted by Crippen LogP contribution is -2.15. The van der Waals surface area contributed by atoms with Crippen LogP contribution in [0.4, 0.5) is 0 Å². The summed E-state index contributed by atoms with van der Waals surface area (Å²) < 4.78 is 8.04. The number of carbonyl (C=O) groups excluding carboxylic acids is 1. The molecular formula is C16H17N3O2S. The van der Waals surface area contributed by atoms with E-state index in [1.165, 1.54) is 29.2 Å². The maximum atomic E-state index is 12.1. The molecule has 3 aromatic rings. The number of carbonyl (C=O) groups is 1. The Labute approximate surface area is 131 Å². The van der Waals surface area contributed by atoms with Crippen LogP contribution in [0.15, 0.2) is 40.0 Å². The van der Waals surface area contributed by atoms with E-state index in [1.54, 1.807) is 0 Å². The van der Waals surface area contributed by atoms with Gasteiger partial charge in [0.15, 0.2) is 4.80 Å². The molecule has 0 fully saturated rings. The van der Waals surface area contributed by atoms with Crippen molar-refractivity contribution in [2.24, 2.45) is 4.99 Å². The van der Waals surface area contributed by atoms with Crippen LogP contribution in [-0.4, -0.2) is 15.6 Å². The Kier molecular flexibility index (Phi) is 3.94. The molecule has 0 saturated carbocycles. The minimum absolute atomic E-state index is 0.156. The molecule has 0 bridgehead atoms. The molecule has 5 nitrogen and oxygen atoms in total. The molecule has 0 atom stereocenters. The Morgan fingerprint density at radius 3 is 2.86 bits per heavy atom. The predicted octanol–water partition coefficient (Wildman–Crippen LogP) is 3.58. The summed E-state index contributed by atoms with van der Waals surface area (Å²) in [5.41, 5.74) is 2.38. The number of hydrogen-bond donors (Lipinski definition) is 0. The molecule has 0 aliphatic heterocycles. The first kappa shape index (κ1) is 14.7. The number of nitrogens with zero attached hydrogens (tertiary/aromatic N) is 3. The number of thiazole rings is 1. The largest absolute Gasteiger partial charge is 0.351 e. The van der Waals surface area contributed by atoms with E-state index in [2.05, 4.69) is 42.2 Å². The fourth-order valence-electron chi connectivity index (χ4n) is 2.31. The second-order valence-electron chi connectivity index (χ2n) is 5.30. The smallest absolute Gasteiger partial charge is 0.318 e. The molecule has 6 heteroatoms. The number of fused-ring (bicyclic) bond motifs is 1. The molecule has 0 N–H and O–H groups in total. The van der Waals surface area contributed by atoms with E-state index in [0.29, 0.717) is 10.7 Å². The van der Waals surface area contributed by atoms with Gasteiger partial charge in [0.25, 0.3) is 0 Å². The van der Waals surface area contributed by atoms with E-state index in [-0.39, 0.29) is 5.76 Å². The third-order valence-corrected chi connectivity index (χ3v) is 4.58. The SMILES string of the molecule is CCn1c(=NC(=O)c2ccno2)sc2cc(C(C)C)ccc21. The van der Waals surface area contributed by atoms with E-state index in [1.807, 2.05) is 11.5 Å². The van der Waals surface area contributed by atoms with Gasteiger partial charge >= 0.3 is 5.91 Å². The number of rotatable bonds is 3. The van der Waals surface area contributed by atoms with Crippen LogP contribution >= 0.6 is 11.3 Å². The molecule has 22 heavy (non-hydrogen) atoms. The van der Waals surface area contributed by atoms with Gasteiger partial charge in [-0.3, -0.25) is 4.79 Å². The van der Waals surface area contributed by atoms with Crippen molar-refractivity contribution >= 4 is 27.5 Å². The van der Waals surface area contributed by atoms with Crippen molar-refractivity contribution < 1.29 is 9.32 Å². The highest BCUT2D eigenvalue weighted by atomic mass is 32.1. The van der Waals surface area contributed by atoms with Crippen LogP contribution in [0.5, 0.6) is 0 Å². The zero-order valence-corrected chi connectivity index (χ0v) is 13.6. The lowest BCUT2D eigenvalue weighted by Gasteiger charge is -2.05. The van der Waals surface area contributed by atoms with Gasteiger partial charge in [-0.2, -0.15) is 4.99 Å². The molecule has 2 aromatic heterocycles. The number of amides is 1. The highest BCUT2D eigenvalue weighted by molar-refractivity contribution is 7.16. The predicted molar refractivity (Wildman–Crippen MR) is 86.0 cm³/mol. The van der Waals surface area contributed by atoms with Crippen molar-refractivity contribution in [2.45, 2.75) is 33.2 Å². The number of benzene rings is 1. The van der Waals surface area contributed by atoms with Gasteiger partial charge in [0.05, 0.1) is 16.4 Å². The summed E-state index contributed by atoms with van der Waals surface area (Å²) >= 11 is 1.52. The summed E-state index contributed by atoms with van der Waals surface area (Å²) in [5.74, 6) is 0.219. The van der Waals surface area contributed by atoms with Gasteiger partial charge in [-0.15, -0.1) is 0 Å². The lowest BCUT2D eigenvalue weighted by atomic mass is 10.0. The Morgan fingerprint density at radius 1 is 1.41 bits per heavy atom. The van der Waals surface area contributed by atoms with Gasteiger partial charge in [-0.1, -0.05) is 36.4 Å². The number of hydrogen-bond acceptors (Lipinski definition) is 4. The molecule has 0 saturated heterocycles. The van der Waals surface area contributed by atoms with Crippen molar-refractivity contribution in [3.8, 4) is 0 Å². The van der Waals surface area contributed by atoms with Gasteiger partial charge in [0, 0.05) is 12.6 Å². The summed E-state index contributed by atoms with van der Waals surface area (Å²) in [4.78, 5) is 17.0. The second kappa shape index (κ2) is 5.88. The normalized spacial score (nSPS) is 12.5. The summed E-state index contributed by atoms with van der Waals surface area (Å²) in [6.07, 6.45) is 1.44. The van der Waals surface area contributed by atoms with Gasteiger partial charge < -0.3 is 9.09 Å². The van der Waals surface area contributed by atoms with Crippen molar-refractivity contribution in [3.05, 3.63) is 46.6 Å². The van der Waals surface area contributed by atoms with Crippen LogP contribution in [0.2, 0.25) is 0 Å². The Balaban J connectivity index is 2.15. The molecule has 1 aromatic carbocycles. The van der Waals surface area contributed by atoms with Crippen LogP contribution in [0.25, 0.3) is 10.2 Å². The molecule has 0 aliphatic carbocycles. The molecule has 1 amide bonds. The topological polar surface area (TPSA) is 60.4 Å². The van der Waals surface area contributed by atoms with E-state index < -0.39 is 5.91 Å².